The lowest BCUT2D eigenvalue weighted by Gasteiger charge is -2.25. The standard InChI is InChI=1S/C22H27N7O2/c1-5-29-18(15-8-23-13(2)24-9-15)27-17-19(29)25-12-26-20(17)31-16-10-28(11-22(16,3)4)21(30)14-6-7-14/h8-9,12,14,16H,5-7,10-11H2,1-4H3. The molecule has 0 bridgehead atoms. The van der Waals surface area contributed by atoms with Gasteiger partial charge in [0.05, 0.1) is 12.1 Å². The van der Waals surface area contributed by atoms with Gasteiger partial charge in [0, 0.05) is 36.8 Å². The average molecular weight is 422 g/mol. The second-order valence-electron chi connectivity index (χ2n) is 9.14. The Kier molecular flexibility index (Phi) is 4.64. The zero-order valence-corrected chi connectivity index (χ0v) is 18.4. The molecule has 2 aliphatic rings. The summed E-state index contributed by atoms with van der Waals surface area (Å²) >= 11 is 0. The van der Waals surface area contributed by atoms with Gasteiger partial charge >= 0.3 is 0 Å². The molecule has 1 saturated carbocycles. The summed E-state index contributed by atoms with van der Waals surface area (Å²) in [5.41, 5.74) is 1.97. The normalized spacial score (nSPS) is 20.4. The van der Waals surface area contributed by atoms with Crippen molar-refractivity contribution in [2.24, 2.45) is 11.3 Å². The van der Waals surface area contributed by atoms with E-state index in [1.54, 1.807) is 12.4 Å². The molecule has 0 spiro atoms. The molecule has 162 valence electrons. The topological polar surface area (TPSA) is 98.9 Å². The van der Waals surface area contributed by atoms with Crippen LogP contribution < -0.4 is 4.74 Å². The molecule has 3 aromatic heterocycles. The van der Waals surface area contributed by atoms with Crippen LogP contribution in [-0.4, -0.2) is 59.5 Å². The fraction of sp³-hybridized carbons (Fsp3) is 0.545. The maximum absolute atomic E-state index is 12.6. The molecular weight excluding hydrogens is 394 g/mol. The predicted molar refractivity (Wildman–Crippen MR) is 114 cm³/mol. The number of rotatable bonds is 5. The number of aromatic nitrogens is 6. The number of hydrogen-bond donors (Lipinski definition) is 0. The van der Waals surface area contributed by atoms with Crippen molar-refractivity contribution in [3.63, 3.8) is 0 Å². The predicted octanol–water partition coefficient (Wildman–Crippen LogP) is 2.64. The molecule has 4 heterocycles. The van der Waals surface area contributed by atoms with E-state index in [9.17, 15) is 4.79 Å². The maximum atomic E-state index is 12.6. The molecule has 1 aliphatic heterocycles. The van der Waals surface area contributed by atoms with E-state index >= 15 is 0 Å². The third kappa shape index (κ3) is 3.51. The molecule has 1 atom stereocenters. The Hall–Kier alpha value is -3.10. The SMILES string of the molecule is CCn1c(-c2cnc(C)nc2)nc2c(OC3CN(C(=O)C4CC4)CC3(C)C)ncnc21. The maximum Gasteiger partial charge on any atom is 0.245 e. The lowest BCUT2D eigenvalue weighted by Crippen LogP contribution is -2.33. The molecule has 3 aromatic rings. The van der Waals surface area contributed by atoms with E-state index in [2.05, 4.69) is 33.8 Å². The minimum absolute atomic E-state index is 0.161. The van der Waals surface area contributed by atoms with Gasteiger partial charge in [-0.15, -0.1) is 0 Å². The van der Waals surface area contributed by atoms with Gasteiger partial charge in [-0.2, -0.15) is 4.98 Å². The van der Waals surface area contributed by atoms with E-state index in [0.29, 0.717) is 42.5 Å². The largest absolute Gasteiger partial charge is 0.470 e. The van der Waals surface area contributed by atoms with Gasteiger partial charge < -0.3 is 14.2 Å². The van der Waals surface area contributed by atoms with Gasteiger partial charge in [0.2, 0.25) is 11.8 Å². The fourth-order valence-corrected chi connectivity index (χ4v) is 4.22. The summed E-state index contributed by atoms with van der Waals surface area (Å²) in [5, 5.41) is 0. The minimum Gasteiger partial charge on any atom is -0.470 e. The van der Waals surface area contributed by atoms with Crippen molar-refractivity contribution in [1.29, 1.82) is 0 Å². The van der Waals surface area contributed by atoms with Crippen LogP contribution in [0, 0.1) is 18.3 Å². The van der Waals surface area contributed by atoms with Crippen LogP contribution in [0.4, 0.5) is 0 Å². The van der Waals surface area contributed by atoms with Crippen LogP contribution in [0.1, 0.15) is 39.4 Å². The third-order valence-electron chi connectivity index (χ3n) is 6.20. The van der Waals surface area contributed by atoms with E-state index in [1.807, 2.05) is 23.3 Å². The second kappa shape index (κ2) is 7.25. The van der Waals surface area contributed by atoms with E-state index in [0.717, 1.165) is 24.2 Å². The summed E-state index contributed by atoms with van der Waals surface area (Å²) in [6.07, 6.45) is 6.90. The van der Waals surface area contributed by atoms with Crippen molar-refractivity contribution in [3.8, 4) is 17.3 Å². The van der Waals surface area contributed by atoms with Crippen LogP contribution in [0.2, 0.25) is 0 Å². The zero-order chi connectivity index (χ0) is 21.8. The summed E-state index contributed by atoms with van der Waals surface area (Å²) in [6, 6.07) is 0. The molecule has 1 amide bonds. The first-order chi connectivity index (χ1) is 14.9. The highest BCUT2D eigenvalue weighted by Gasteiger charge is 2.46. The molecule has 9 heteroatoms. The van der Waals surface area contributed by atoms with Gasteiger partial charge in [0.1, 0.15) is 24.1 Å². The number of fused-ring (bicyclic) bond motifs is 1. The van der Waals surface area contributed by atoms with Crippen molar-refractivity contribution in [1.82, 2.24) is 34.4 Å². The molecule has 1 saturated heterocycles. The lowest BCUT2D eigenvalue weighted by atomic mass is 9.90. The minimum atomic E-state index is -0.178. The number of amides is 1. The smallest absolute Gasteiger partial charge is 0.245 e. The van der Waals surface area contributed by atoms with Gasteiger partial charge in [-0.3, -0.25) is 4.79 Å². The summed E-state index contributed by atoms with van der Waals surface area (Å²) < 4.78 is 8.41. The number of carbonyl (C=O) groups is 1. The molecule has 9 nitrogen and oxygen atoms in total. The van der Waals surface area contributed by atoms with Crippen molar-refractivity contribution < 1.29 is 9.53 Å². The number of imidazole rings is 1. The number of ether oxygens (including phenoxy) is 1. The monoisotopic (exact) mass is 421 g/mol. The van der Waals surface area contributed by atoms with Crippen LogP contribution in [-0.2, 0) is 11.3 Å². The molecule has 0 radical (unpaired) electrons. The Morgan fingerprint density at radius 3 is 2.61 bits per heavy atom. The third-order valence-corrected chi connectivity index (χ3v) is 6.20. The molecule has 1 unspecified atom stereocenters. The first-order valence-corrected chi connectivity index (χ1v) is 10.8. The summed E-state index contributed by atoms with van der Waals surface area (Å²) in [6.45, 7) is 10.1. The first kappa shape index (κ1) is 19.8. The number of likely N-dealkylation sites (tertiary alicyclic amines) is 1. The van der Waals surface area contributed by atoms with Gasteiger partial charge in [-0.25, -0.2) is 19.9 Å². The van der Waals surface area contributed by atoms with Crippen LogP contribution in [0.3, 0.4) is 0 Å². The quantitative estimate of drug-likeness (QED) is 0.624. The Balaban J connectivity index is 1.49. The second-order valence-corrected chi connectivity index (χ2v) is 9.14. The van der Waals surface area contributed by atoms with Gasteiger partial charge in [-0.1, -0.05) is 13.8 Å². The number of nitrogens with zero attached hydrogens (tertiary/aromatic N) is 7. The number of hydrogen-bond acceptors (Lipinski definition) is 7. The Morgan fingerprint density at radius 1 is 1.19 bits per heavy atom. The first-order valence-electron chi connectivity index (χ1n) is 10.8. The Bertz CT molecular complexity index is 1130. The van der Waals surface area contributed by atoms with Crippen LogP contribution >= 0.6 is 0 Å². The van der Waals surface area contributed by atoms with Crippen molar-refractivity contribution in [2.45, 2.75) is 53.2 Å². The summed E-state index contributed by atoms with van der Waals surface area (Å²) in [7, 11) is 0. The highest BCUT2D eigenvalue weighted by molar-refractivity contribution is 5.82. The molecule has 1 aliphatic carbocycles. The molecule has 2 fully saturated rings. The van der Waals surface area contributed by atoms with E-state index in [-0.39, 0.29) is 23.3 Å². The zero-order valence-electron chi connectivity index (χ0n) is 18.4. The van der Waals surface area contributed by atoms with Crippen LogP contribution in [0.5, 0.6) is 5.88 Å². The van der Waals surface area contributed by atoms with Crippen LogP contribution in [0.15, 0.2) is 18.7 Å². The Morgan fingerprint density at radius 2 is 1.94 bits per heavy atom. The molecular formula is C22H27N7O2. The number of carbonyl (C=O) groups excluding carboxylic acids is 1. The molecule has 5 rings (SSSR count). The van der Waals surface area contributed by atoms with Gasteiger partial charge in [0.15, 0.2) is 11.2 Å². The van der Waals surface area contributed by atoms with E-state index in [1.165, 1.54) is 6.33 Å². The summed E-state index contributed by atoms with van der Waals surface area (Å²) in [4.78, 5) is 36.8. The van der Waals surface area contributed by atoms with Crippen molar-refractivity contribution in [3.05, 3.63) is 24.5 Å². The van der Waals surface area contributed by atoms with Gasteiger partial charge in [0.25, 0.3) is 0 Å². The molecule has 0 N–H and O–H groups in total. The highest BCUT2D eigenvalue weighted by Crippen LogP contribution is 2.38. The average Bonchev–Trinajstić information content (AvgIpc) is 3.46. The van der Waals surface area contributed by atoms with Crippen LogP contribution in [0.25, 0.3) is 22.6 Å². The highest BCUT2D eigenvalue weighted by atomic mass is 16.5. The molecule has 0 aromatic carbocycles. The van der Waals surface area contributed by atoms with E-state index in [4.69, 9.17) is 9.72 Å². The van der Waals surface area contributed by atoms with Gasteiger partial charge in [-0.05, 0) is 26.7 Å². The number of aryl methyl sites for hydroxylation is 2. The molecule has 31 heavy (non-hydrogen) atoms. The Labute approximate surface area is 180 Å². The lowest BCUT2D eigenvalue weighted by molar-refractivity contribution is -0.132. The van der Waals surface area contributed by atoms with Crippen molar-refractivity contribution >= 4 is 17.1 Å². The summed E-state index contributed by atoms with van der Waals surface area (Å²) in [5.74, 6) is 2.36. The van der Waals surface area contributed by atoms with Crippen molar-refractivity contribution in [2.75, 3.05) is 13.1 Å². The fourth-order valence-electron chi connectivity index (χ4n) is 4.22. The van der Waals surface area contributed by atoms with E-state index < -0.39 is 0 Å².